The van der Waals surface area contributed by atoms with Crippen LogP contribution in [-0.2, 0) is 0 Å². The number of H-pyrrole nitrogens is 1. The lowest BCUT2D eigenvalue weighted by molar-refractivity contribution is 0.201. The second kappa shape index (κ2) is 10.4. The third kappa shape index (κ3) is 5.06. The van der Waals surface area contributed by atoms with Gasteiger partial charge in [-0.2, -0.15) is 0 Å². The van der Waals surface area contributed by atoms with Gasteiger partial charge >= 0.3 is 6.09 Å². The van der Waals surface area contributed by atoms with Gasteiger partial charge in [-0.15, -0.1) is 0 Å². The molecular weight excluding hydrogens is 483 g/mol. The highest BCUT2D eigenvalue weighted by molar-refractivity contribution is 6.43. The Labute approximate surface area is 214 Å². The van der Waals surface area contributed by atoms with Gasteiger partial charge in [0.05, 0.1) is 15.7 Å². The number of carboxylic acid groups (broad SMARTS) is 1. The number of hydrogen-bond donors (Lipinski definition) is 2. The number of piperazine rings is 1. The summed E-state index contributed by atoms with van der Waals surface area (Å²) in [4.78, 5) is 21.6. The van der Waals surface area contributed by atoms with Crippen LogP contribution in [0.4, 0.5) is 16.2 Å². The minimum Gasteiger partial charge on any atom is -0.465 e. The summed E-state index contributed by atoms with van der Waals surface area (Å²) in [6.07, 6.45) is 0.820. The van der Waals surface area contributed by atoms with Crippen molar-refractivity contribution in [1.82, 2.24) is 9.88 Å². The normalized spacial score (nSPS) is 14.6. The lowest BCUT2D eigenvalue weighted by Crippen LogP contribution is -2.46. The van der Waals surface area contributed by atoms with Crippen molar-refractivity contribution in [2.24, 2.45) is 0 Å². The van der Waals surface area contributed by atoms with E-state index in [2.05, 4.69) is 20.9 Å². The molecule has 0 bridgehead atoms. The summed E-state index contributed by atoms with van der Waals surface area (Å²) in [5.41, 5.74) is 3.69. The zero-order chi connectivity index (χ0) is 24.4. The van der Waals surface area contributed by atoms with E-state index >= 15 is 0 Å². The number of hydrogen-bond acceptors (Lipinski definition) is 3. The predicted octanol–water partition coefficient (Wildman–Crippen LogP) is 6.71. The first-order valence-corrected chi connectivity index (χ1v) is 12.7. The smallest absolute Gasteiger partial charge is 0.411 e. The first-order valence-electron chi connectivity index (χ1n) is 11.9. The third-order valence-electron chi connectivity index (χ3n) is 6.78. The van der Waals surface area contributed by atoms with Crippen LogP contribution in [0.15, 0.2) is 60.7 Å². The SMILES string of the molecule is O=C(O)N(CCCCN1CCN(c2cccc(Cl)c2Cl)CC1)c1ccc2c(c1)[nH]c1ccccc12. The van der Waals surface area contributed by atoms with E-state index in [0.717, 1.165) is 73.1 Å². The molecule has 0 spiro atoms. The number of amides is 1. The highest BCUT2D eigenvalue weighted by Gasteiger charge is 2.20. The average Bonchev–Trinajstić information content (AvgIpc) is 3.24. The molecule has 4 aromatic rings. The van der Waals surface area contributed by atoms with Gasteiger partial charge in [0.15, 0.2) is 0 Å². The molecule has 1 aliphatic rings. The fourth-order valence-corrected chi connectivity index (χ4v) is 5.32. The van der Waals surface area contributed by atoms with Crippen LogP contribution in [0.2, 0.25) is 10.0 Å². The maximum Gasteiger partial charge on any atom is 0.411 e. The molecule has 0 saturated carbocycles. The van der Waals surface area contributed by atoms with Gasteiger partial charge in [0, 0.05) is 60.2 Å². The van der Waals surface area contributed by atoms with Crippen molar-refractivity contribution >= 4 is 62.5 Å². The van der Waals surface area contributed by atoms with E-state index in [0.29, 0.717) is 22.3 Å². The molecule has 0 unspecified atom stereocenters. The number of benzene rings is 3. The Kier molecular flexibility index (Phi) is 7.04. The molecule has 0 atom stereocenters. The number of halogens is 2. The molecule has 0 radical (unpaired) electrons. The minimum atomic E-state index is -0.924. The summed E-state index contributed by atoms with van der Waals surface area (Å²) in [6, 6.07) is 19.7. The summed E-state index contributed by atoms with van der Waals surface area (Å²) < 4.78 is 0. The molecule has 6 nitrogen and oxygen atoms in total. The highest BCUT2D eigenvalue weighted by atomic mass is 35.5. The van der Waals surface area contributed by atoms with Crippen molar-refractivity contribution in [2.45, 2.75) is 12.8 Å². The van der Waals surface area contributed by atoms with Crippen LogP contribution in [0.5, 0.6) is 0 Å². The number of aromatic nitrogens is 1. The Morgan fingerprint density at radius 3 is 2.49 bits per heavy atom. The molecule has 5 rings (SSSR count). The molecule has 2 heterocycles. The summed E-state index contributed by atoms with van der Waals surface area (Å²) >= 11 is 12.6. The van der Waals surface area contributed by atoms with Gasteiger partial charge in [-0.3, -0.25) is 9.80 Å². The van der Waals surface area contributed by atoms with Crippen molar-refractivity contribution in [2.75, 3.05) is 49.1 Å². The predicted molar refractivity (Wildman–Crippen MR) is 146 cm³/mol. The molecule has 1 aromatic heterocycles. The van der Waals surface area contributed by atoms with Gasteiger partial charge in [0.25, 0.3) is 0 Å². The second-order valence-corrected chi connectivity index (χ2v) is 9.73. The number of carbonyl (C=O) groups is 1. The third-order valence-corrected chi connectivity index (χ3v) is 7.59. The maximum atomic E-state index is 12.0. The van der Waals surface area contributed by atoms with Gasteiger partial charge < -0.3 is 15.0 Å². The molecule has 1 aliphatic heterocycles. The van der Waals surface area contributed by atoms with Crippen molar-refractivity contribution < 1.29 is 9.90 Å². The monoisotopic (exact) mass is 510 g/mol. The largest absolute Gasteiger partial charge is 0.465 e. The number of aromatic amines is 1. The summed E-state index contributed by atoms with van der Waals surface area (Å²) in [5.74, 6) is 0. The molecule has 1 saturated heterocycles. The number of rotatable bonds is 7. The average molecular weight is 511 g/mol. The van der Waals surface area contributed by atoms with E-state index < -0.39 is 6.09 Å². The zero-order valence-corrected chi connectivity index (χ0v) is 20.9. The van der Waals surface area contributed by atoms with E-state index in [1.165, 1.54) is 4.90 Å². The van der Waals surface area contributed by atoms with E-state index in [-0.39, 0.29) is 0 Å². The summed E-state index contributed by atoms with van der Waals surface area (Å²) in [6.45, 7) is 5.10. The van der Waals surface area contributed by atoms with Crippen LogP contribution in [0.1, 0.15) is 12.8 Å². The Balaban J connectivity index is 1.14. The van der Waals surface area contributed by atoms with Crippen LogP contribution in [0, 0.1) is 0 Å². The van der Waals surface area contributed by atoms with Crippen molar-refractivity contribution in [3.8, 4) is 0 Å². The van der Waals surface area contributed by atoms with Crippen LogP contribution in [0.3, 0.4) is 0 Å². The minimum absolute atomic E-state index is 0.471. The van der Waals surface area contributed by atoms with Gasteiger partial charge in [-0.25, -0.2) is 4.79 Å². The van der Waals surface area contributed by atoms with Gasteiger partial charge in [-0.05, 0) is 49.7 Å². The topological polar surface area (TPSA) is 62.8 Å². The fourth-order valence-electron chi connectivity index (χ4n) is 4.90. The molecule has 182 valence electrons. The van der Waals surface area contributed by atoms with Crippen LogP contribution in [0.25, 0.3) is 21.8 Å². The number of nitrogens with one attached hydrogen (secondary N) is 1. The Bertz CT molecular complexity index is 1350. The molecule has 8 heteroatoms. The first-order chi connectivity index (χ1) is 17.0. The number of anilines is 2. The van der Waals surface area contributed by atoms with E-state index in [4.69, 9.17) is 23.2 Å². The highest BCUT2D eigenvalue weighted by Crippen LogP contribution is 2.33. The number of unbranched alkanes of at least 4 members (excludes halogenated alkanes) is 1. The lowest BCUT2D eigenvalue weighted by Gasteiger charge is -2.36. The standard InChI is InChI=1S/C27H28Cl2N4O2/c28-22-7-5-9-25(26(22)29)32-16-14-31(15-17-32)12-3-4-13-33(27(34)35)19-10-11-21-20-6-1-2-8-23(20)30-24(21)18-19/h1-2,5-11,18,30H,3-4,12-17H2,(H,34,35). The Morgan fingerprint density at radius 1 is 0.914 bits per heavy atom. The molecule has 1 fully saturated rings. The second-order valence-electron chi connectivity index (χ2n) is 8.94. The van der Waals surface area contributed by atoms with Crippen molar-refractivity contribution in [1.29, 1.82) is 0 Å². The molecule has 35 heavy (non-hydrogen) atoms. The molecule has 3 aromatic carbocycles. The van der Waals surface area contributed by atoms with E-state index in [1.54, 1.807) is 0 Å². The van der Waals surface area contributed by atoms with E-state index in [1.807, 2.05) is 54.6 Å². The molecule has 0 aliphatic carbocycles. The van der Waals surface area contributed by atoms with Crippen LogP contribution in [-0.4, -0.2) is 60.4 Å². The first kappa shape index (κ1) is 23.8. The number of nitrogens with zero attached hydrogens (tertiary/aromatic N) is 3. The molecular formula is C27H28Cl2N4O2. The van der Waals surface area contributed by atoms with Gasteiger partial charge in [0.2, 0.25) is 0 Å². The zero-order valence-electron chi connectivity index (χ0n) is 19.4. The fraction of sp³-hybridized carbons (Fsp3) is 0.296. The Hall–Kier alpha value is -2.93. The molecule has 2 N–H and O–H groups in total. The van der Waals surface area contributed by atoms with E-state index in [9.17, 15) is 9.90 Å². The van der Waals surface area contributed by atoms with Crippen LogP contribution < -0.4 is 9.80 Å². The van der Waals surface area contributed by atoms with Crippen molar-refractivity contribution in [3.63, 3.8) is 0 Å². The number of para-hydroxylation sites is 1. The summed E-state index contributed by atoms with van der Waals surface area (Å²) in [7, 11) is 0. The van der Waals surface area contributed by atoms with Crippen LogP contribution >= 0.6 is 23.2 Å². The lowest BCUT2D eigenvalue weighted by atomic mass is 10.1. The maximum absolute atomic E-state index is 12.0. The number of fused-ring (bicyclic) bond motifs is 3. The van der Waals surface area contributed by atoms with Gasteiger partial charge in [0.1, 0.15) is 0 Å². The van der Waals surface area contributed by atoms with Crippen molar-refractivity contribution in [3.05, 3.63) is 70.7 Å². The Morgan fingerprint density at radius 2 is 1.69 bits per heavy atom. The van der Waals surface area contributed by atoms with Gasteiger partial charge in [-0.1, -0.05) is 53.5 Å². The quantitative estimate of drug-likeness (QED) is 0.271. The molecule has 1 amide bonds. The summed E-state index contributed by atoms with van der Waals surface area (Å²) in [5, 5.41) is 13.3.